The molecule has 1 aliphatic heterocycles. The molecule has 1 fully saturated rings. The molecule has 3 nitrogen and oxygen atoms in total. The van der Waals surface area contributed by atoms with E-state index < -0.39 is 0 Å². The predicted octanol–water partition coefficient (Wildman–Crippen LogP) is 2.24. The summed E-state index contributed by atoms with van der Waals surface area (Å²) in [6.45, 7) is 0.690. The number of carbonyl (C=O) groups is 1. The van der Waals surface area contributed by atoms with Crippen LogP contribution in [-0.2, 0) is 11.3 Å². The van der Waals surface area contributed by atoms with Crippen molar-refractivity contribution in [2.24, 2.45) is 0 Å². The van der Waals surface area contributed by atoms with Gasteiger partial charge in [-0.15, -0.1) is 23.4 Å². The van der Waals surface area contributed by atoms with Crippen LogP contribution in [0.1, 0.15) is 11.1 Å². The van der Waals surface area contributed by atoms with Crippen LogP contribution in [0.5, 0.6) is 0 Å². The molecular weight excluding hydrogens is 268 g/mol. The molecule has 0 bridgehead atoms. The number of nitriles is 1. The maximum atomic E-state index is 11.7. The van der Waals surface area contributed by atoms with E-state index in [0.717, 1.165) is 17.2 Å². The molecule has 1 atom stereocenters. The van der Waals surface area contributed by atoms with Gasteiger partial charge in [-0.3, -0.25) is 9.69 Å². The van der Waals surface area contributed by atoms with E-state index in [4.69, 9.17) is 16.9 Å². The zero-order chi connectivity index (χ0) is 13.0. The Balaban J connectivity index is 2.08. The first-order valence-corrected chi connectivity index (χ1v) is 7.33. The van der Waals surface area contributed by atoms with Crippen LogP contribution in [0.4, 0.5) is 0 Å². The van der Waals surface area contributed by atoms with Gasteiger partial charge in [0.15, 0.2) is 5.78 Å². The van der Waals surface area contributed by atoms with Crippen molar-refractivity contribution in [3.63, 3.8) is 0 Å². The predicted molar refractivity (Wildman–Crippen MR) is 73.5 cm³/mol. The molecule has 0 aliphatic carbocycles. The molecule has 1 saturated heterocycles. The number of ketones is 1. The van der Waals surface area contributed by atoms with Gasteiger partial charge in [0.1, 0.15) is 0 Å². The fraction of sp³-hybridized carbons (Fsp3) is 0.385. The molecule has 5 heteroatoms. The van der Waals surface area contributed by atoms with E-state index in [1.165, 1.54) is 0 Å². The van der Waals surface area contributed by atoms with Gasteiger partial charge in [0.05, 0.1) is 23.6 Å². The van der Waals surface area contributed by atoms with Gasteiger partial charge < -0.3 is 0 Å². The number of hydrogen-bond acceptors (Lipinski definition) is 4. The quantitative estimate of drug-likeness (QED) is 0.794. The van der Waals surface area contributed by atoms with E-state index in [1.807, 2.05) is 18.2 Å². The lowest BCUT2D eigenvalue weighted by molar-refractivity contribution is -0.120. The molecule has 18 heavy (non-hydrogen) atoms. The zero-order valence-corrected chi connectivity index (χ0v) is 11.4. The Labute approximate surface area is 116 Å². The molecule has 0 saturated carbocycles. The van der Waals surface area contributed by atoms with E-state index in [0.29, 0.717) is 12.1 Å². The highest BCUT2D eigenvalue weighted by atomic mass is 35.5. The Morgan fingerprint density at radius 3 is 3.17 bits per heavy atom. The Kier molecular flexibility index (Phi) is 4.65. The number of rotatable bonds is 4. The van der Waals surface area contributed by atoms with E-state index in [9.17, 15) is 4.79 Å². The summed E-state index contributed by atoms with van der Waals surface area (Å²) < 4.78 is 0. The third-order valence-corrected chi connectivity index (χ3v) is 4.25. The van der Waals surface area contributed by atoms with Crippen molar-refractivity contribution in [3.05, 3.63) is 35.4 Å². The average molecular weight is 281 g/mol. The Morgan fingerprint density at radius 1 is 1.61 bits per heavy atom. The molecular formula is C13H13ClN2OS. The Bertz CT molecular complexity index is 486. The van der Waals surface area contributed by atoms with Gasteiger partial charge in [0.2, 0.25) is 0 Å². The van der Waals surface area contributed by atoms with Crippen LogP contribution in [0, 0.1) is 11.3 Å². The van der Waals surface area contributed by atoms with Gasteiger partial charge in [0, 0.05) is 18.2 Å². The number of Topliss-reactive ketones (excluding diaryl/α,β-unsaturated/α-hetero) is 1. The minimum absolute atomic E-state index is 0.0694. The summed E-state index contributed by atoms with van der Waals surface area (Å²) in [5.41, 5.74) is 1.71. The zero-order valence-electron chi connectivity index (χ0n) is 9.80. The van der Waals surface area contributed by atoms with Crippen molar-refractivity contribution in [2.75, 3.05) is 17.5 Å². The molecule has 1 aromatic carbocycles. The van der Waals surface area contributed by atoms with E-state index >= 15 is 0 Å². The smallest absolute Gasteiger partial charge is 0.165 e. The van der Waals surface area contributed by atoms with Crippen molar-refractivity contribution in [1.29, 1.82) is 5.26 Å². The third kappa shape index (κ3) is 3.05. The van der Waals surface area contributed by atoms with Gasteiger partial charge >= 0.3 is 0 Å². The van der Waals surface area contributed by atoms with E-state index in [-0.39, 0.29) is 17.7 Å². The topological polar surface area (TPSA) is 44.1 Å². The highest BCUT2D eigenvalue weighted by Gasteiger charge is 2.30. The second-order valence-corrected chi connectivity index (χ2v) is 5.44. The number of hydrogen-bond donors (Lipinski definition) is 0. The summed E-state index contributed by atoms with van der Waals surface area (Å²) in [6, 6.07) is 9.54. The molecule has 1 aliphatic rings. The molecule has 0 aromatic heterocycles. The van der Waals surface area contributed by atoms with Crippen LogP contribution in [0.3, 0.4) is 0 Å². The van der Waals surface area contributed by atoms with Crippen LogP contribution in [0.15, 0.2) is 24.3 Å². The lowest BCUT2D eigenvalue weighted by Crippen LogP contribution is -2.38. The minimum Gasteiger partial charge on any atom is -0.297 e. The number of benzene rings is 1. The van der Waals surface area contributed by atoms with Crippen LogP contribution in [-0.4, -0.2) is 34.2 Å². The first-order valence-electron chi connectivity index (χ1n) is 5.64. The molecule has 1 heterocycles. The summed E-state index contributed by atoms with van der Waals surface area (Å²) in [5, 5.41) is 8.86. The van der Waals surface area contributed by atoms with Crippen LogP contribution >= 0.6 is 23.4 Å². The van der Waals surface area contributed by atoms with Crippen molar-refractivity contribution in [1.82, 2.24) is 4.90 Å². The number of carbonyl (C=O) groups excluding carboxylic acids is 1. The number of thioether (sulfide) groups is 1. The van der Waals surface area contributed by atoms with Gasteiger partial charge in [-0.25, -0.2) is 0 Å². The second-order valence-electron chi connectivity index (χ2n) is 4.17. The van der Waals surface area contributed by atoms with Gasteiger partial charge in [-0.1, -0.05) is 12.1 Å². The molecule has 1 aromatic rings. The van der Waals surface area contributed by atoms with Crippen molar-refractivity contribution in [2.45, 2.75) is 12.6 Å². The standard InChI is InChI=1S/C13H13ClN2OS/c14-5-13(17)12-8-18-9-16(12)7-11-3-1-2-10(4-11)6-15/h1-4,12H,5,7-9H2/t12-/m1/s1. The van der Waals surface area contributed by atoms with Gasteiger partial charge in [-0.2, -0.15) is 5.26 Å². The number of alkyl halides is 1. The second kappa shape index (κ2) is 6.24. The summed E-state index contributed by atoms with van der Waals surface area (Å²) in [6.07, 6.45) is 0. The maximum Gasteiger partial charge on any atom is 0.165 e. The molecule has 94 valence electrons. The van der Waals surface area contributed by atoms with Crippen LogP contribution in [0.2, 0.25) is 0 Å². The van der Waals surface area contributed by atoms with E-state index in [1.54, 1.807) is 17.8 Å². The summed E-state index contributed by atoms with van der Waals surface area (Å²) in [5.74, 6) is 1.80. The van der Waals surface area contributed by atoms with Crippen molar-refractivity contribution in [3.8, 4) is 6.07 Å². The highest BCUT2D eigenvalue weighted by Crippen LogP contribution is 2.24. The minimum atomic E-state index is -0.0850. The fourth-order valence-corrected chi connectivity index (χ4v) is 3.40. The first-order chi connectivity index (χ1) is 8.74. The fourth-order valence-electron chi connectivity index (χ4n) is 1.99. The van der Waals surface area contributed by atoms with Crippen molar-refractivity contribution >= 4 is 29.1 Å². The SMILES string of the molecule is N#Cc1cccc(CN2CSC[C@@H]2C(=O)CCl)c1. The lowest BCUT2D eigenvalue weighted by Gasteiger charge is -2.21. The average Bonchev–Trinajstić information content (AvgIpc) is 2.86. The molecule has 0 amide bonds. The van der Waals surface area contributed by atoms with Crippen LogP contribution in [0.25, 0.3) is 0 Å². The molecule has 0 radical (unpaired) electrons. The van der Waals surface area contributed by atoms with Crippen LogP contribution < -0.4 is 0 Å². The number of nitrogens with zero attached hydrogens (tertiary/aromatic N) is 2. The molecule has 0 N–H and O–H groups in total. The largest absolute Gasteiger partial charge is 0.297 e. The van der Waals surface area contributed by atoms with Gasteiger partial charge in [-0.05, 0) is 17.7 Å². The summed E-state index contributed by atoms with van der Waals surface area (Å²) in [7, 11) is 0. The maximum absolute atomic E-state index is 11.7. The molecule has 0 unspecified atom stereocenters. The lowest BCUT2D eigenvalue weighted by atomic mass is 10.1. The Morgan fingerprint density at radius 2 is 2.44 bits per heavy atom. The monoisotopic (exact) mass is 280 g/mol. The normalized spacial score (nSPS) is 19.7. The first kappa shape index (κ1) is 13.4. The third-order valence-electron chi connectivity index (χ3n) is 2.92. The highest BCUT2D eigenvalue weighted by molar-refractivity contribution is 7.99. The Hall–Kier alpha value is -1.02. The van der Waals surface area contributed by atoms with Crippen molar-refractivity contribution < 1.29 is 4.79 Å². The number of halogens is 1. The summed E-state index contributed by atoms with van der Waals surface area (Å²) >= 11 is 7.36. The molecule has 2 rings (SSSR count). The van der Waals surface area contributed by atoms with E-state index in [2.05, 4.69) is 11.0 Å². The van der Waals surface area contributed by atoms with Gasteiger partial charge in [0.25, 0.3) is 0 Å². The molecule has 0 spiro atoms. The summed E-state index contributed by atoms with van der Waals surface area (Å²) in [4.78, 5) is 13.8.